The monoisotopic (exact) mass is 331 g/mol. The SMILES string of the molecule is O=S(=O)(O)CC(CO)(c1ccccc1)c1cc2ccccc2[nH]1. The molecule has 0 radical (unpaired) electrons. The smallest absolute Gasteiger partial charge is 0.266 e. The minimum Gasteiger partial charge on any atom is -0.395 e. The van der Waals surface area contributed by atoms with Crippen LogP contribution < -0.4 is 0 Å². The van der Waals surface area contributed by atoms with E-state index >= 15 is 0 Å². The molecule has 0 saturated carbocycles. The summed E-state index contributed by atoms with van der Waals surface area (Å²) in [5, 5.41) is 11.0. The van der Waals surface area contributed by atoms with Crippen molar-refractivity contribution in [2.75, 3.05) is 12.4 Å². The van der Waals surface area contributed by atoms with Gasteiger partial charge in [-0.15, -0.1) is 0 Å². The van der Waals surface area contributed by atoms with Gasteiger partial charge in [0, 0.05) is 11.2 Å². The van der Waals surface area contributed by atoms with Crippen LogP contribution >= 0.6 is 0 Å². The van der Waals surface area contributed by atoms with E-state index in [4.69, 9.17) is 0 Å². The third kappa shape index (κ3) is 3.01. The van der Waals surface area contributed by atoms with Gasteiger partial charge < -0.3 is 10.1 Å². The Morgan fingerprint density at radius 1 is 1.00 bits per heavy atom. The molecule has 1 atom stereocenters. The molecule has 3 aromatic rings. The molecule has 0 bridgehead atoms. The van der Waals surface area contributed by atoms with Crippen LogP contribution in [0.5, 0.6) is 0 Å². The van der Waals surface area contributed by atoms with Crippen LogP contribution in [-0.4, -0.2) is 35.4 Å². The van der Waals surface area contributed by atoms with Gasteiger partial charge in [-0.2, -0.15) is 8.42 Å². The van der Waals surface area contributed by atoms with Gasteiger partial charge >= 0.3 is 0 Å². The fraction of sp³-hybridized carbons (Fsp3) is 0.176. The van der Waals surface area contributed by atoms with Crippen LogP contribution in [0.3, 0.4) is 0 Å². The minimum absolute atomic E-state index is 0.455. The normalized spacial score (nSPS) is 14.7. The number of aliphatic hydroxyl groups is 1. The molecular formula is C17H17NO4S. The van der Waals surface area contributed by atoms with Crippen molar-refractivity contribution in [1.82, 2.24) is 4.98 Å². The molecule has 6 heteroatoms. The first kappa shape index (κ1) is 15.7. The number of fused-ring (bicyclic) bond motifs is 1. The third-order valence-corrected chi connectivity index (χ3v) is 4.93. The molecule has 0 aliphatic carbocycles. The van der Waals surface area contributed by atoms with Crippen LogP contribution in [0.2, 0.25) is 0 Å². The van der Waals surface area contributed by atoms with Gasteiger partial charge in [-0.1, -0.05) is 48.5 Å². The van der Waals surface area contributed by atoms with E-state index in [0.29, 0.717) is 11.3 Å². The summed E-state index contributed by atoms with van der Waals surface area (Å²) in [5.74, 6) is -0.604. The molecule has 3 rings (SSSR count). The van der Waals surface area contributed by atoms with Crippen molar-refractivity contribution < 1.29 is 18.1 Å². The fourth-order valence-electron chi connectivity index (χ4n) is 2.94. The van der Waals surface area contributed by atoms with Gasteiger partial charge in [0.1, 0.15) is 0 Å². The Morgan fingerprint density at radius 3 is 2.26 bits per heavy atom. The number of hydrogen-bond acceptors (Lipinski definition) is 3. The van der Waals surface area contributed by atoms with E-state index in [1.165, 1.54) is 0 Å². The van der Waals surface area contributed by atoms with E-state index in [2.05, 4.69) is 4.98 Å². The lowest BCUT2D eigenvalue weighted by Crippen LogP contribution is -2.39. The number of aromatic nitrogens is 1. The van der Waals surface area contributed by atoms with Crippen molar-refractivity contribution in [3.63, 3.8) is 0 Å². The summed E-state index contributed by atoms with van der Waals surface area (Å²) in [6.45, 7) is -0.455. The van der Waals surface area contributed by atoms with Gasteiger partial charge in [0.2, 0.25) is 0 Å². The molecule has 0 aliphatic rings. The topological polar surface area (TPSA) is 90.4 Å². The summed E-state index contributed by atoms with van der Waals surface area (Å²) in [6, 6.07) is 18.2. The summed E-state index contributed by atoms with van der Waals surface area (Å²) in [6.07, 6.45) is 0. The van der Waals surface area contributed by atoms with Crippen molar-refractivity contribution in [3.8, 4) is 0 Å². The first-order chi connectivity index (χ1) is 10.9. The van der Waals surface area contributed by atoms with E-state index in [1.54, 1.807) is 24.3 Å². The van der Waals surface area contributed by atoms with Gasteiger partial charge in [0.25, 0.3) is 10.1 Å². The third-order valence-electron chi connectivity index (χ3n) is 4.07. The Bertz CT molecular complexity index is 885. The summed E-state index contributed by atoms with van der Waals surface area (Å²) < 4.78 is 32.6. The number of benzene rings is 2. The zero-order valence-corrected chi connectivity index (χ0v) is 13.1. The van der Waals surface area contributed by atoms with Gasteiger partial charge in [0.15, 0.2) is 0 Å². The molecule has 1 heterocycles. The van der Waals surface area contributed by atoms with Crippen molar-refractivity contribution in [2.45, 2.75) is 5.41 Å². The summed E-state index contributed by atoms with van der Waals surface area (Å²) >= 11 is 0. The quantitative estimate of drug-likeness (QED) is 0.626. The molecule has 0 amide bonds. The van der Waals surface area contributed by atoms with Crippen LogP contribution in [0.25, 0.3) is 10.9 Å². The Morgan fingerprint density at radius 2 is 1.65 bits per heavy atom. The largest absolute Gasteiger partial charge is 0.395 e. The summed E-state index contributed by atoms with van der Waals surface area (Å²) in [7, 11) is -4.31. The van der Waals surface area contributed by atoms with Crippen molar-refractivity contribution in [1.29, 1.82) is 0 Å². The van der Waals surface area contributed by atoms with Crippen LogP contribution in [0.15, 0.2) is 60.7 Å². The number of hydrogen-bond donors (Lipinski definition) is 3. The molecule has 0 saturated heterocycles. The second-order valence-corrected chi connectivity index (χ2v) is 7.06. The summed E-state index contributed by atoms with van der Waals surface area (Å²) in [4.78, 5) is 3.17. The lowest BCUT2D eigenvalue weighted by Gasteiger charge is -2.30. The average molecular weight is 331 g/mol. The summed E-state index contributed by atoms with van der Waals surface area (Å²) in [5.41, 5.74) is 0.747. The van der Waals surface area contributed by atoms with Gasteiger partial charge in [-0.05, 0) is 23.1 Å². The zero-order chi connectivity index (χ0) is 16.5. The Hall–Kier alpha value is -2.15. The molecule has 1 unspecified atom stereocenters. The highest BCUT2D eigenvalue weighted by molar-refractivity contribution is 7.85. The molecule has 5 nitrogen and oxygen atoms in total. The second-order valence-electron chi connectivity index (χ2n) is 5.60. The van der Waals surface area contributed by atoms with Crippen LogP contribution in [0.4, 0.5) is 0 Å². The lowest BCUT2D eigenvalue weighted by molar-refractivity contribution is 0.228. The minimum atomic E-state index is -4.31. The molecule has 1 aromatic heterocycles. The first-order valence-electron chi connectivity index (χ1n) is 7.14. The Kier molecular flexibility index (Phi) is 3.97. The number of H-pyrrole nitrogens is 1. The molecule has 120 valence electrons. The molecule has 0 aliphatic heterocycles. The maximum absolute atomic E-state index is 11.6. The van der Waals surface area contributed by atoms with Gasteiger partial charge in [-0.25, -0.2) is 0 Å². The van der Waals surface area contributed by atoms with E-state index in [0.717, 1.165) is 10.9 Å². The first-order valence-corrected chi connectivity index (χ1v) is 8.75. The fourth-order valence-corrected chi connectivity index (χ4v) is 3.97. The average Bonchev–Trinajstić information content (AvgIpc) is 2.97. The predicted octanol–water partition coefficient (Wildman–Crippen LogP) is 2.33. The number of aromatic amines is 1. The Balaban J connectivity index is 2.25. The van der Waals surface area contributed by atoms with E-state index in [-0.39, 0.29) is 0 Å². The highest BCUT2D eigenvalue weighted by Gasteiger charge is 2.39. The molecule has 0 spiro atoms. The van der Waals surface area contributed by atoms with Gasteiger partial charge in [0.05, 0.1) is 17.8 Å². The van der Waals surface area contributed by atoms with Gasteiger partial charge in [-0.3, -0.25) is 4.55 Å². The lowest BCUT2D eigenvalue weighted by atomic mass is 9.80. The van der Waals surface area contributed by atoms with Crippen molar-refractivity contribution >= 4 is 21.0 Å². The number of para-hydroxylation sites is 1. The number of rotatable bonds is 5. The molecule has 2 aromatic carbocycles. The maximum Gasteiger partial charge on any atom is 0.266 e. The molecule has 23 heavy (non-hydrogen) atoms. The van der Waals surface area contributed by atoms with Crippen molar-refractivity contribution in [2.24, 2.45) is 0 Å². The maximum atomic E-state index is 11.6. The molecular weight excluding hydrogens is 314 g/mol. The van der Waals surface area contributed by atoms with Crippen LogP contribution in [-0.2, 0) is 15.5 Å². The molecule has 0 fully saturated rings. The Labute approximate surface area is 134 Å². The second kappa shape index (κ2) is 5.81. The van der Waals surface area contributed by atoms with E-state index < -0.39 is 27.9 Å². The molecule has 3 N–H and O–H groups in total. The number of aliphatic hydroxyl groups excluding tert-OH is 1. The highest BCUT2D eigenvalue weighted by atomic mass is 32.2. The standard InChI is InChI=1S/C17H17NO4S/c19-11-17(12-23(20,21)22,14-7-2-1-3-8-14)16-10-13-6-4-5-9-15(13)18-16/h1-10,18-19H,11-12H2,(H,20,21,22). The van der Waals surface area contributed by atoms with Crippen LogP contribution in [0, 0.1) is 0 Å². The zero-order valence-electron chi connectivity index (χ0n) is 12.3. The predicted molar refractivity (Wildman–Crippen MR) is 89.0 cm³/mol. The van der Waals surface area contributed by atoms with E-state index in [9.17, 15) is 18.1 Å². The van der Waals surface area contributed by atoms with Crippen LogP contribution in [0.1, 0.15) is 11.3 Å². The van der Waals surface area contributed by atoms with E-state index in [1.807, 2.05) is 36.4 Å². The number of nitrogens with one attached hydrogen (secondary N) is 1. The van der Waals surface area contributed by atoms with Crippen molar-refractivity contribution in [3.05, 3.63) is 71.9 Å². The highest BCUT2D eigenvalue weighted by Crippen LogP contribution is 2.34.